The first-order valence-corrected chi connectivity index (χ1v) is 10.9. The minimum Gasteiger partial charge on any atom is -0.455 e. The van der Waals surface area contributed by atoms with Crippen LogP contribution in [0, 0.1) is 13.8 Å². The van der Waals surface area contributed by atoms with E-state index in [1.807, 2.05) is 38.1 Å². The summed E-state index contributed by atoms with van der Waals surface area (Å²) in [5.74, 6) is 2.85. The van der Waals surface area contributed by atoms with Crippen LogP contribution in [0.5, 0.6) is 11.5 Å². The van der Waals surface area contributed by atoms with Gasteiger partial charge in [0.2, 0.25) is 0 Å². The predicted octanol–water partition coefficient (Wildman–Crippen LogP) is 5.45. The number of ether oxygens (including phenoxy) is 1. The summed E-state index contributed by atoms with van der Waals surface area (Å²) in [6.45, 7) is 8.13. The molecule has 7 heteroatoms. The summed E-state index contributed by atoms with van der Waals surface area (Å²) < 4.78 is 5.99. The molecule has 0 saturated heterocycles. The molecule has 0 bridgehead atoms. The van der Waals surface area contributed by atoms with Crippen LogP contribution < -0.4 is 15.4 Å². The number of hydrogen-bond donors (Lipinski definition) is 2. The van der Waals surface area contributed by atoms with E-state index in [9.17, 15) is 0 Å². The number of fused-ring (bicyclic) bond motifs is 3. The maximum atomic E-state index is 5.99. The number of anilines is 2. The third-order valence-corrected chi connectivity index (χ3v) is 6.49. The van der Waals surface area contributed by atoms with E-state index >= 15 is 0 Å². The molecule has 6 nitrogen and oxygen atoms in total. The lowest BCUT2D eigenvalue weighted by molar-refractivity contribution is 0.476. The Morgan fingerprint density at radius 3 is 2.83 bits per heavy atom. The normalized spacial score (nSPS) is 15.8. The number of benzene rings is 1. The summed E-state index contributed by atoms with van der Waals surface area (Å²) in [7, 11) is 0. The molecule has 1 aliphatic heterocycles. The van der Waals surface area contributed by atoms with Crippen LogP contribution in [0.2, 0.25) is 0 Å². The minimum absolute atomic E-state index is 0.440. The van der Waals surface area contributed by atoms with Crippen molar-refractivity contribution in [3.63, 3.8) is 0 Å². The average Bonchev–Trinajstić information content (AvgIpc) is 3.12. The minimum atomic E-state index is 0.440. The van der Waals surface area contributed by atoms with Crippen LogP contribution in [0.4, 0.5) is 11.5 Å². The summed E-state index contributed by atoms with van der Waals surface area (Å²) in [5.41, 5.74) is 4.36. The SMILES string of the molecule is Cc1ccc(Oc2ccc(Nc3ncnc4sc5c(c34)C(C)CNC5)cc2C)cn1. The zero-order valence-corrected chi connectivity index (χ0v) is 18.0. The number of aromatic nitrogens is 3. The van der Waals surface area contributed by atoms with Gasteiger partial charge < -0.3 is 15.4 Å². The summed E-state index contributed by atoms with van der Waals surface area (Å²) in [4.78, 5) is 15.8. The third kappa shape index (κ3) is 3.51. The molecule has 0 saturated carbocycles. The van der Waals surface area contributed by atoms with Gasteiger partial charge in [-0.1, -0.05) is 6.92 Å². The lowest BCUT2D eigenvalue weighted by Crippen LogP contribution is -2.25. The quantitative estimate of drug-likeness (QED) is 0.460. The largest absolute Gasteiger partial charge is 0.455 e. The second-order valence-electron chi connectivity index (χ2n) is 7.72. The molecule has 0 aliphatic carbocycles. The van der Waals surface area contributed by atoms with E-state index in [2.05, 4.69) is 38.6 Å². The molecule has 2 N–H and O–H groups in total. The molecule has 1 atom stereocenters. The first-order valence-electron chi connectivity index (χ1n) is 10.0. The van der Waals surface area contributed by atoms with Gasteiger partial charge in [-0.05, 0) is 61.2 Å². The molecule has 1 aliphatic rings. The van der Waals surface area contributed by atoms with Gasteiger partial charge in [-0.25, -0.2) is 9.97 Å². The van der Waals surface area contributed by atoms with Crippen molar-refractivity contribution in [2.75, 3.05) is 11.9 Å². The summed E-state index contributed by atoms with van der Waals surface area (Å²) in [6, 6.07) is 9.95. The van der Waals surface area contributed by atoms with Crippen molar-refractivity contribution in [3.8, 4) is 11.5 Å². The van der Waals surface area contributed by atoms with E-state index in [1.54, 1.807) is 23.9 Å². The highest BCUT2D eigenvalue weighted by atomic mass is 32.1. The molecule has 1 unspecified atom stereocenters. The van der Waals surface area contributed by atoms with Crippen molar-refractivity contribution in [1.29, 1.82) is 0 Å². The summed E-state index contributed by atoms with van der Waals surface area (Å²) >= 11 is 1.76. The zero-order chi connectivity index (χ0) is 20.7. The topological polar surface area (TPSA) is 72.0 Å². The van der Waals surface area contributed by atoms with Gasteiger partial charge in [-0.3, -0.25) is 4.98 Å². The van der Waals surface area contributed by atoms with Crippen LogP contribution in [-0.2, 0) is 6.54 Å². The highest BCUT2D eigenvalue weighted by molar-refractivity contribution is 7.19. The monoisotopic (exact) mass is 417 g/mol. The molecule has 152 valence electrons. The van der Waals surface area contributed by atoms with Gasteiger partial charge in [-0.2, -0.15) is 0 Å². The maximum Gasteiger partial charge on any atom is 0.145 e. The Hall–Kier alpha value is -3.03. The number of hydrogen-bond acceptors (Lipinski definition) is 7. The highest BCUT2D eigenvalue weighted by Crippen LogP contribution is 2.40. The van der Waals surface area contributed by atoms with Gasteiger partial charge in [0.05, 0.1) is 11.6 Å². The van der Waals surface area contributed by atoms with Crippen LogP contribution in [0.3, 0.4) is 0 Å². The van der Waals surface area contributed by atoms with Gasteiger partial charge >= 0.3 is 0 Å². The Bertz CT molecular complexity index is 1220. The first kappa shape index (κ1) is 19.0. The molecule has 0 fully saturated rings. The summed E-state index contributed by atoms with van der Waals surface area (Å²) in [6.07, 6.45) is 3.38. The van der Waals surface area contributed by atoms with Crippen molar-refractivity contribution >= 4 is 33.1 Å². The lowest BCUT2D eigenvalue weighted by atomic mass is 9.96. The summed E-state index contributed by atoms with van der Waals surface area (Å²) in [5, 5.41) is 8.14. The van der Waals surface area contributed by atoms with E-state index in [-0.39, 0.29) is 0 Å². The molecule has 4 heterocycles. The fourth-order valence-corrected chi connectivity index (χ4v) is 5.10. The van der Waals surface area contributed by atoms with E-state index in [0.29, 0.717) is 5.92 Å². The van der Waals surface area contributed by atoms with E-state index in [4.69, 9.17) is 4.74 Å². The molecule has 3 aromatic heterocycles. The van der Waals surface area contributed by atoms with Crippen LogP contribution in [-0.4, -0.2) is 21.5 Å². The van der Waals surface area contributed by atoms with Crippen LogP contribution in [0.25, 0.3) is 10.2 Å². The standard InChI is InChI=1S/C23H23N5OS/c1-13-8-16(5-7-18(13)29-17-6-4-15(3)25-10-17)28-22-21-20-14(2)9-24-11-19(20)30-23(21)27-12-26-22/h4-8,10,12,14,24H,9,11H2,1-3H3,(H,26,27,28). The predicted molar refractivity (Wildman–Crippen MR) is 121 cm³/mol. The van der Waals surface area contributed by atoms with Crippen LogP contribution >= 0.6 is 11.3 Å². The fourth-order valence-electron chi connectivity index (χ4n) is 3.87. The third-order valence-electron chi connectivity index (χ3n) is 5.38. The Kier molecular flexibility index (Phi) is 4.84. The number of aryl methyl sites for hydroxylation is 2. The first-order chi connectivity index (χ1) is 14.6. The zero-order valence-electron chi connectivity index (χ0n) is 17.2. The molecular weight excluding hydrogens is 394 g/mol. The smallest absolute Gasteiger partial charge is 0.145 e. The van der Waals surface area contributed by atoms with Gasteiger partial charge in [0.25, 0.3) is 0 Å². The number of nitrogens with zero attached hydrogens (tertiary/aromatic N) is 3. The van der Waals surface area contributed by atoms with Gasteiger partial charge in [0, 0.05) is 29.3 Å². The highest BCUT2D eigenvalue weighted by Gasteiger charge is 2.24. The van der Waals surface area contributed by atoms with E-state index in [0.717, 1.165) is 57.6 Å². The van der Waals surface area contributed by atoms with E-state index < -0.39 is 0 Å². The maximum absolute atomic E-state index is 5.99. The molecule has 0 amide bonds. The Labute approximate surface area is 179 Å². The second kappa shape index (κ2) is 7.66. The molecule has 0 spiro atoms. The Balaban J connectivity index is 1.45. The molecule has 4 aromatic rings. The number of nitrogens with one attached hydrogen (secondary N) is 2. The van der Waals surface area contributed by atoms with Crippen LogP contribution in [0.15, 0.2) is 42.9 Å². The Morgan fingerprint density at radius 2 is 2.03 bits per heavy atom. The van der Waals surface area contributed by atoms with Crippen molar-refractivity contribution in [2.24, 2.45) is 0 Å². The number of pyridine rings is 1. The van der Waals surface area contributed by atoms with Crippen molar-refractivity contribution in [2.45, 2.75) is 33.2 Å². The lowest BCUT2D eigenvalue weighted by Gasteiger charge is -2.20. The van der Waals surface area contributed by atoms with E-state index in [1.165, 1.54) is 10.4 Å². The van der Waals surface area contributed by atoms with Crippen molar-refractivity contribution in [3.05, 3.63) is 64.6 Å². The van der Waals surface area contributed by atoms with Gasteiger partial charge in [-0.15, -0.1) is 11.3 Å². The molecule has 5 rings (SSSR count). The average molecular weight is 418 g/mol. The molecule has 1 aromatic carbocycles. The van der Waals surface area contributed by atoms with Crippen molar-refractivity contribution in [1.82, 2.24) is 20.3 Å². The number of rotatable bonds is 4. The molecule has 30 heavy (non-hydrogen) atoms. The van der Waals surface area contributed by atoms with Crippen molar-refractivity contribution < 1.29 is 4.74 Å². The fraction of sp³-hybridized carbons (Fsp3) is 0.261. The van der Waals surface area contributed by atoms with Crippen LogP contribution in [0.1, 0.15) is 34.5 Å². The van der Waals surface area contributed by atoms with Gasteiger partial charge in [0.15, 0.2) is 0 Å². The second-order valence-corrected chi connectivity index (χ2v) is 8.80. The number of thiophene rings is 1. The van der Waals surface area contributed by atoms with Gasteiger partial charge in [0.1, 0.15) is 28.5 Å². The molecule has 0 radical (unpaired) electrons. The molecular formula is C23H23N5OS. The Morgan fingerprint density at radius 1 is 1.13 bits per heavy atom.